The Morgan fingerprint density at radius 2 is 1.51 bits per heavy atom. The lowest BCUT2D eigenvalue weighted by molar-refractivity contribution is -0.121. The van der Waals surface area contributed by atoms with E-state index in [0.29, 0.717) is 5.69 Å². The summed E-state index contributed by atoms with van der Waals surface area (Å²) in [7, 11) is 0. The van der Waals surface area contributed by atoms with Crippen LogP contribution >= 0.6 is 0 Å². The number of nitrogens with zero attached hydrogens (tertiary/aromatic N) is 1. The Morgan fingerprint density at radius 1 is 0.872 bits per heavy atom. The van der Waals surface area contributed by atoms with E-state index >= 15 is 0 Å². The number of carbonyl (C=O) groups is 4. The molecule has 0 aromatic heterocycles. The second-order valence-electron chi connectivity index (χ2n) is 11.4. The minimum atomic E-state index is -0.871. The zero-order valence-corrected chi connectivity index (χ0v) is 23.4. The Hall–Kier alpha value is -4.08. The first-order valence-electron chi connectivity index (χ1n) is 12.9. The first-order valence-corrected chi connectivity index (χ1v) is 12.9. The predicted octanol–water partition coefficient (Wildman–Crippen LogP) is 4.31. The van der Waals surface area contributed by atoms with Crippen molar-refractivity contribution >= 4 is 29.7 Å². The van der Waals surface area contributed by atoms with Gasteiger partial charge in [-0.2, -0.15) is 0 Å². The van der Waals surface area contributed by atoms with Crippen LogP contribution in [0.3, 0.4) is 0 Å². The van der Waals surface area contributed by atoms with E-state index < -0.39 is 47.3 Å². The van der Waals surface area contributed by atoms with Crippen molar-refractivity contribution in [2.75, 3.05) is 18.4 Å². The SMILES string of the molecule is CC(C)(C)OC(=O)NCC(=O)N[C@@H]1C[C@@H](C(=O)Nc2cccc(-c3ccccc3)c2)N(C(=O)OC(C)(C)C)C1. The average molecular weight is 539 g/mol. The van der Waals surface area contributed by atoms with Gasteiger partial charge in [-0.05, 0) is 71.2 Å². The van der Waals surface area contributed by atoms with E-state index in [4.69, 9.17) is 9.47 Å². The van der Waals surface area contributed by atoms with Crippen molar-refractivity contribution in [2.45, 2.75) is 71.2 Å². The first kappa shape index (κ1) is 29.5. The largest absolute Gasteiger partial charge is 0.444 e. The number of ether oxygens (including phenoxy) is 2. The molecule has 2 aromatic carbocycles. The zero-order valence-electron chi connectivity index (χ0n) is 23.4. The topological polar surface area (TPSA) is 126 Å². The number of benzene rings is 2. The van der Waals surface area contributed by atoms with Crippen LogP contribution in [0.1, 0.15) is 48.0 Å². The lowest BCUT2D eigenvalue weighted by Gasteiger charge is -2.28. The molecule has 0 spiro atoms. The van der Waals surface area contributed by atoms with E-state index in [1.54, 1.807) is 47.6 Å². The minimum Gasteiger partial charge on any atom is -0.444 e. The molecule has 10 heteroatoms. The maximum Gasteiger partial charge on any atom is 0.411 e. The molecule has 0 unspecified atom stereocenters. The molecule has 1 heterocycles. The summed E-state index contributed by atoms with van der Waals surface area (Å²) in [4.78, 5) is 52.1. The fourth-order valence-electron chi connectivity index (χ4n) is 4.09. The van der Waals surface area contributed by atoms with Gasteiger partial charge in [0.05, 0.1) is 0 Å². The van der Waals surface area contributed by atoms with Crippen LogP contribution in [-0.2, 0) is 19.1 Å². The summed E-state index contributed by atoms with van der Waals surface area (Å²) in [5.41, 5.74) is 1.07. The number of anilines is 1. The van der Waals surface area contributed by atoms with Crippen LogP contribution in [0, 0.1) is 0 Å². The van der Waals surface area contributed by atoms with E-state index in [2.05, 4.69) is 16.0 Å². The minimum absolute atomic E-state index is 0.0786. The van der Waals surface area contributed by atoms with Crippen LogP contribution in [0.5, 0.6) is 0 Å². The standard InChI is InChI=1S/C29H38N4O6/c1-28(2,3)38-26(36)30-17-24(34)31-22-16-23(33(18-22)27(37)39-29(4,5)6)25(35)32-21-14-10-13-20(15-21)19-11-8-7-9-12-19/h7-15,22-23H,16-18H2,1-6H3,(H,30,36)(H,31,34)(H,32,35)/t22-,23+/m1/s1. The van der Waals surface area contributed by atoms with Gasteiger partial charge in [0.25, 0.3) is 0 Å². The van der Waals surface area contributed by atoms with Crippen molar-refractivity contribution in [1.82, 2.24) is 15.5 Å². The van der Waals surface area contributed by atoms with Gasteiger partial charge in [0.2, 0.25) is 11.8 Å². The molecule has 3 rings (SSSR count). The van der Waals surface area contributed by atoms with Crippen LogP contribution in [-0.4, -0.2) is 65.3 Å². The van der Waals surface area contributed by atoms with Gasteiger partial charge in [-0.15, -0.1) is 0 Å². The maximum atomic E-state index is 13.4. The van der Waals surface area contributed by atoms with E-state index in [1.165, 1.54) is 4.90 Å². The number of hydrogen-bond donors (Lipinski definition) is 3. The molecular weight excluding hydrogens is 500 g/mol. The number of carbonyl (C=O) groups excluding carboxylic acids is 4. The Labute approximate surface area is 229 Å². The summed E-state index contributed by atoms with van der Waals surface area (Å²) in [6.45, 7) is 10.2. The second kappa shape index (κ2) is 12.2. The number of alkyl carbamates (subject to hydrolysis) is 1. The molecule has 3 N–H and O–H groups in total. The molecule has 0 bridgehead atoms. The van der Waals surface area contributed by atoms with Gasteiger partial charge < -0.3 is 25.4 Å². The smallest absolute Gasteiger partial charge is 0.411 e. The van der Waals surface area contributed by atoms with Crippen LogP contribution in [0.2, 0.25) is 0 Å². The summed E-state index contributed by atoms with van der Waals surface area (Å²) in [5.74, 6) is -0.860. The van der Waals surface area contributed by atoms with Crippen LogP contribution in [0.4, 0.5) is 15.3 Å². The molecule has 39 heavy (non-hydrogen) atoms. The molecule has 1 aliphatic heterocycles. The third-order valence-corrected chi connectivity index (χ3v) is 5.63. The Bertz CT molecular complexity index is 1190. The highest BCUT2D eigenvalue weighted by atomic mass is 16.6. The summed E-state index contributed by atoms with van der Waals surface area (Å²) < 4.78 is 10.7. The van der Waals surface area contributed by atoms with Gasteiger partial charge >= 0.3 is 12.2 Å². The number of likely N-dealkylation sites (tertiary alicyclic amines) is 1. The summed E-state index contributed by atoms with van der Waals surface area (Å²) >= 11 is 0. The summed E-state index contributed by atoms with van der Waals surface area (Å²) in [6, 6.07) is 15.8. The van der Waals surface area contributed by atoms with Gasteiger partial charge in [-0.1, -0.05) is 42.5 Å². The molecule has 0 aliphatic carbocycles. The van der Waals surface area contributed by atoms with Gasteiger partial charge in [0.15, 0.2) is 0 Å². The molecule has 1 saturated heterocycles. The molecule has 2 atom stereocenters. The van der Waals surface area contributed by atoms with Crippen LogP contribution < -0.4 is 16.0 Å². The number of amides is 4. The Kier molecular flexibility index (Phi) is 9.21. The van der Waals surface area contributed by atoms with Crippen molar-refractivity contribution in [2.24, 2.45) is 0 Å². The van der Waals surface area contributed by atoms with Gasteiger partial charge in [-0.3, -0.25) is 14.5 Å². The highest BCUT2D eigenvalue weighted by Gasteiger charge is 2.42. The Morgan fingerprint density at radius 3 is 2.15 bits per heavy atom. The van der Waals surface area contributed by atoms with Crippen LogP contribution in [0.25, 0.3) is 11.1 Å². The lowest BCUT2D eigenvalue weighted by atomic mass is 10.1. The van der Waals surface area contributed by atoms with E-state index in [0.717, 1.165) is 11.1 Å². The third kappa shape index (κ3) is 9.31. The molecule has 1 aliphatic rings. The normalized spacial score (nSPS) is 17.2. The number of nitrogens with one attached hydrogen (secondary N) is 3. The summed E-state index contributed by atoms with van der Waals surface area (Å²) in [5, 5.41) is 8.09. The highest BCUT2D eigenvalue weighted by molar-refractivity contribution is 5.97. The van der Waals surface area contributed by atoms with Crippen molar-refractivity contribution in [3.63, 3.8) is 0 Å². The average Bonchev–Trinajstić information content (AvgIpc) is 3.25. The molecule has 210 valence electrons. The van der Waals surface area contributed by atoms with Gasteiger partial charge in [0.1, 0.15) is 23.8 Å². The van der Waals surface area contributed by atoms with Gasteiger partial charge in [-0.25, -0.2) is 9.59 Å². The second-order valence-corrected chi connectivity index (χ2v) is 11.4. The quantitative estimate of drug-likeness (QED) is 0.503. The molecular formula is C29H38N4O6. The molecule has 10 nitrogen and oxygen atoms in total. The number of rotatable bonds is 6. The number of hydrogen-bond acceptors (Lipinski definition) is 6. The Balaban J connectivity index is 1.69. The summed E-state index contributed by atoms with van der Waals surface area (Å²) in [6.07, 6.45) is -1.18. The fraction of sp³-hybridized carbons (Fsp3) is 0.448. The van der Waals surface area contributed by atoms with Crippen molar-refractivity contribution in [1.29, 1.82) is 0 Å². The molecule has 1 fully saturated rings. The van der Waals surface area contributed by atoms with Crippen molar-refractivity contribution in [3.05, 3.63) is 54.6 Å². The molecule has 0 radical (unpaired) electrons. The predicted molar refractivity (Wildman–Crippen MR) is 148 cm³/mol. The fourth-order valence-corrected chi connectivity index (χ4v) is 4.09. The monoisotopic (exact) mass is 538 g/mol. The molecule has 4 amide bonds. The van der Waals surface area contributed by atoms with Gasteiger partial charge in [0, 0.05) is 18.3 Å². The molecule has 0 saturated carbocycles. The highest BCUT2D eigenvalue weighted by Crippen LogP contribution is 2.25. The van der Waals surface area contributed by atoms with Crippen molar-refractivity contribution < 1.29 is 28.7 Å². The van der Waals surface area contributed by atoms with Crippen LogP contribution in [0.15, 0.2) is 54.6 Å². The van der Waals surface area contributed by atoms with Crippen molar-refractivity contribution in [3.8, 4) is 11.1 Å². The van der Waals surface area contributed by atoms with E-state index in [1.807, 2.05) is 48.5 Å². The third-order valence-electron chi connectivity index (χ3n) is 5.63. The lowest BCUT2D eigenvalue weighted by Crippen LogP contribution is -2.46. The zero-order chi connectivity index (χ0) is 28.8. The van der Waals surface area contributed by atoms with E-state index in [-0.39, 0.29) is 19.5 Å². The first-order chi connectivity index (χ1) is 18.2. The maximum absolute atomic E-state index is 13.4. The van der Waals surface area contributed by atoms with E-state index in [9.17, 15) is 19.2 Å². The molecule has 2 aromatic rings.